The number of hydrogen-bond acceptors (Lipinski definition) is 4. The molecule has 0 saturated carbocycles. The van der Waals surface area contributed by atoms with Crippen LogP contribution in [0.4, 0.5) is 0 Å². The molecule has 0 radical (unpaired) electrons. The monoisotopic (exact) mass is 390 g/mol. The molecule has 1 N–H and O–H groups in total. The van der Waals surface area contributed by atoms with Crippen molar-refractivity contribution in [1.82, 2.24) is 10.2 Å². The first-order valence-electron chi connectivity index (χ1n) is 10.0. The van der Waals surface area contributed by atoms with Crippen molar-refractivity contribution in [2.45, 2.75) is 6.04 Å². The number of nitrogens with zero attached hydrogens (tertiary/aromatic N) is 1. The molecule has 5 heteroatoms. The minimum Gasteiger partial charge on any atom is -0.484 e. The van der Waals surface area contributed by atoms with Crippen LogP contribution in [-0.4, -0.2) is 50.3 Å². The number of amides is 1. The van der Waals surface area contributed by atoms with E-state index in [1.807, 2.05) is 54.6 Å². The molecule has 1 amide bonds. The molecule has 1 aliphatic heterocycles. The van der Waals surface area contributed by atoms with E-state index in [9.17, 15) is 4.79 Å². The molecule has 0 bridgehead atoms. The Hall–Kier alpha value is -2.89. The van der Waals surface area contributed by atoms with Gasteiger partial charge in [0.1, 0.15) is 5.75 Å². The lowest BCUT2D eigenvalue weighted by Crippen LogP contribution is -2.44. The van der Waals surface area contributed by atoms with Crippen molar-refractivity contribution in [3.8, 4) is 5.75 Å². The van der Waals surface area contributed by atoms with E-state index in [2.05, 4.69) is 28.4 Å². The predicted molar refractivity (Wildman–Crippen MR) is 114 cm³/mol. The number of ether oxygens (including phenoxy) is 2. The summed E-state index contributed by atoms with van der Waals surface area (Å²) in [5.41, 5.74) is 1.10. The molecule has 1 aliphatic rings. The lowest BCUT2D eigenvalue weighted by molar-refractivity contribution is -0.124. The largest absolute Gasteiger partial charge is 0.484 e. The van der Waals surface area contributed by atoms with Gasteiger partial charge in [-0.1, -0.05) is 60.7 Å². The predicted octanol–water partition coefficient (Wildman–Crippen LogP) is 3.41. The zero-order valence-electron chi connectivity index (χ0n) is 16.4. The van der Waals surface area contributed by atoms with Gasteiger partial charge in [-0.15, -0.1) is 0 Å². The molecule has 0 unspecified atom stereocenters. The summed E-state index contributed by atoms with van der Waals surface area (Å²) in [6.07, 6.45) is 0. The minimum absolute atomic E-state index is 0.00914. The maximum atomic E-state index is 12.6. The van der Waals surface area contributed by atoms with E-state index in [1.54, 1.807) is 0 Å². The number of rotatable bonds is 7. The van der Waals surface area contributed by atoms with Crippen molar-refractivity contribution in [3.63, 3.8) is 0 Å². The molecule has 1 heterocycles. The third-order valence-corrected chi connectivity index (χ3v) is 5.17. The van der Waals surface area contributed by atoms with Crippen molar-refractivity contribution in [2.75, 3.05) is 39.5 Å². The summed E-state index contributed by atoms with van der Waals surface area (Å²) < 4.78 is 11.2. The van der Waals surface area contributed by atoms with E-state index in [-0.39, 0.29) is 18.6 Å². The molecular weight excluding hydrogens is 364 g/mol. The van der Waals surface area contributed by atoms with E-state index in [1.165, 1.54) is 0 Å². The van der Waals surface area contributed by atoms with Crippen LogP contribution >= 0.6 is 0 Å². The van der Waals surface area contributed by atoms with Gasteiger partial charge in [-0.25, -0.2) is 0 Å². The van der Waals surface area contributed by atoms with Crippen molar-refractivity contribution in [3.05, 3.63) is 78.4 Å². The molecule has 150 valence electrons. The second kappa shape index (κ2) is 9.54. The van der Waals surface area contributed by atoms with Crippen LogP contribution in [0.2, 0.25) is 0 Å². The average molecular weight is 390 g/mol. The second-order valence-corrected chi connectivity index (χ2v) is 7.24. The van der Waals surface area contributed by atoms with Crippen LogP contribution in [0.25, 0.3) is 10.8 Å². The Kier molecular flexibility index (Phi) is 6.39. The standard InChI is InChI=1S/C24H26N2O3/c27-24(18-29-22-11-10-19-6-4-5-9-21(19)16-22)25-23(20-7-2-1-3-8-20)17-26-12-14-28-15-13-26/h1-11,16,23H,12-15,17-18H2,(H,25,27)/t23-/m1/s1. The number of morpholine rings is 1. The minimum atomic E-state index is -0.125. The highest BCUT2D eigenvalue weighted by atomic mass is 16.5. The van der Waals surface area contributed by atoms with Crippen LogP contribution in [-0.2, 0) is 9.53 Å². The molecule has 29 heavy (non-hydrogen) atoms. The number of nitrogens with one attached hydrogen (secondary N) is 1. The fourth-order valence-electron chi connectivity index (χ4n) is 3.60. The molecule has 3 aromatic carbocycles. The maximum Gasteiger partial charge on any atom is 0.258 e. The van der Waals surface area contributed by atoms with E-state index >= 15 is 0 Å². The van der Waals surface area contributed by atoms with Gasteiger partial charge in [0.15, 0.2) is 6.61 Å². The topological polar surface area (TPSA) is 50.8 Å². The summed E-state index contributed by atoms with van der Waals surface area (Å²) in [7, 11) is 0. The van der Waals surface area contributed by atoms with Gasteiger partial charge < -0.3 is 14.8 Å². The van der Waals surface area contributed by atoms with Crippen LogP contribution in [0.3, 0.4) is 0 Å². The van der Waals surface area contributed by atoms with Gasteiger partial charge in [0.2, 0.25) is 0 Å². The highest BCUT2D eigenvalue weighted by Crippen LogP contribution is 2.21. The third-order valence-electron chi connectivity index (χ3n) is 5.17. The Balaban J connectivity index is 1.38. The number of carbonyl (C=O) groups is 1. The van der Waals surface area contributed by atoms with E-state index < -0.39 is 0 Å². The lowest BCUT2D eigenvalue weighted by Gasteiger charge is -2.31. The molecule has 3 aromatic rings. The van der Waals surface area contributed by atoms with Gasteiger partial charge in [-0.2, -0.15) is 0 Å². The zero-order chi connectivity index (χ0) is 19.9. The van der Waals surface area contributed by atoms with Crippen LogP contribution in [0, 0.1) is 0 Å². The quantitative estimate of drug-likeness (QED) is 0.672. The van der Waals surface area contributed by atoms with Crippen LogP contribution in [0.5, 0.6) is 5.75 Å². The molecule has 0 aromatic heterocycles. The second-order valence-electron chi connectivity index (χ2n) is 7.24. The fraction of sp³-hybridized carbons (Fsp3) is 0.292. The number of hydrogen-bond donors (Lipinski definition) is 1. The summed E-state index contributed by atoms with van der Waals surface area (Å²) in [5, 5.41) is 5.39. The first kappa shape index (κ1) is 19.4. The van der Waals surface area contributed by atoms with Gasteiger partial charge in [-0.05, 0) is 28.5 Å². The average Bonchev–Trinajstić information content (AvgIpc) is 2.78. The SMILES string of the molecule is O=C(COc1ccc2ccccc2c1)N[C@H](CN1CCOCC1)c1ccccc1. The van der Waals surface area contributed by atoms with Gasteiger partial charge >= 0.3 is 0 Å². The first-order valence-corrected chi connectivity index (χ1v) is 10.0. The van der Waals surface area contributed by atoms with Crippen molar-refractivity contribution in [1.29, 1.82) is 0 Å². The van der Waals surface area contributed by atoms with E-state index in [0.29, 0.717) is 5.75 Å². The van der Waals surface area contributed by atoms with Gasteiger partial charge in [0.25, 0.3) is 5.91 Å². The molecule has 1 atom stereocenters. The van der Waals surface area contributed by atoms with Crippen LogP contribution in [0.1, 0.15) is 11.6 Å². The number of carbonyl (C=O) groups excluding carboxylic acids is 1. The molecule has 0 aliphatic carbocycles. The highest BCUT2D eigenvalue weighted by molar-refractivity contribution is 5.84. The third kappa shape index (κ3) is 5.34. The lowest BCUT2D eigenvalue weighted by atomic mass is 10.1. The molecule has 4 rings (SSSR count). The van der Waals surface area contributed by atoms with E-state index in [0.717, 1.165) is 49.2 Å². The van der Waals surface area contributed by atoms with Gasteiger partial charge in [0, 0.05) is 19.6 Å². The summed E-state index contributed by atoms with van der Waals surface area (Å²) in [5.74, 6) is 0.573. The van der Waals surface area contributed by atoms with Crippen LogP contribution in [0.15, 0.2) is 72.8 Å². The molecular formula is C24H26N2O3. The summed E-state index contributed by atoms with van der Waals surface area (Å²) in [6, 6.07) is 24.0. The van der Waals surface area contributed by atoms with E-state index in [4.69, 9.17) is 9.47 Å². The summed E-state index contributed by atoms with van der Waals surface area (Å²) in [4.78, 5) is 15.0. The van der Waals surface area contributed by atoms with Gasteiger partial charge in [-0.3, -0.25) is 9.69 Å². The number of benzene rings is 3. The van der Waals surface area contributed by atoms with Crippen LogP contribution < -0.4 is 10.1 Å². The Bertz CT molecular complexity index is 939. The molecule has 1 fully saturated rings. The number of fused-ring (bicyclic) bond motifs is 1. The fourth-order valence-corrected chi connectivity index (χ4v) is 3.60. The van der Waals surface area contributed by atoms with Crippen molar-refractivity contribution in [2.24, 2.45) is 0 Å². The first-order chi connectivity index (χ1) is 14.3. The smallest absolute Gasteiger partial charge is 0.258 e. The highest BCUT2D eigenvalue weighted by Gasteiger charge is 2.20. The van der Waals surface area contributed by atoms with Gasteiger partial charge in [0.05, 0.1) is 19.3 Å². The Morgan fingerprint density at radius 2 is 1.69 bits per heavy atom. The Morgan fingerprint density at radius 1 is 0.966 bits per heavy atom. The zero-order valence-corrected chi connectivity index (χ0v) is 16.4. The molecule has 1 saturated heterocycles. The maximum absolute atomic E-state index is 12.6. The molecule has 5 nitrogen and oxygen atoms in total. The summed E-state index contributed by atoms with van der Waals surface area (Å²) >= 11 is 0. The van der Waals surface area contributed by atoms with Crippen molar-refractivity contribution >= 4 is 16.7 Å². The Labute approximate surface area is 171 Å². The normalized spacial score (nSPS) is 15.7. The summed E-state index contributed by atoms with van der Waals surface area (Å²) in [6.45, 7) is 3.99. The Morgan fingerprint density at radius 3 is 2.48 bits per heavy atom. The van der Waals surface area contributed by atoms with Crippen molar-refractivity contribution < 1.29 is 14.3 Å². The molecule has 0 spiro atoms.